The molecular weight excluding hydrogens is 278 g/mol. The van der Waals surface area contributed by atoms with Gasteiger partial charge in [0.25, 0.3) is 0 Å². The maximum atomic E-state index is 6.01. The van der Waals surface area contributed by atoms with Crippen LogP contribution < -0.4 is 10.1 Å². The van der Waals surface area contributed by atoms with E-state index in [2.05, 4.69) is 57.3 Å². The summed E-state index contributed by atoms with van der Waals surface area (Å²) in [4.78, 5) is 2.65. The molecule has 0 aliphatic rings. The predicted molar refractivity (Wildman–Crippen MR) is 91.3 cm³/mol. The van der Waals surface area contributed by atoms with E-state index in [9.17, 15) is 0 Å². The van der Waals surface area contributed by atoms with Gasteiger partial charge in [-0.3, -0.25) is 0 Å². The number of benzene rings is 1. The van der Waals surface area contributed by atoms with Crippen molar-refractivity contribution in [2.24, 2.45) is 0 Å². The van der Waals surface area contributed by atoms with Crippen molar-refractivity contribution in [3.63, 3.8) is 0 Å². The summed E-state index contributed by atoms with van der Waals surface area (Å²) in [6.07, 6.45) is 1.17. The van der Waals surface area contributed by atoms with E-state index in [0.29, 0.717) is 6.61 Å². The molecule has 0 radical (unpaired) electrons. The summed E-state index contributed by atoms with van der Waals surface area (Å²) in [6, 6.07) is 8.69. The lowest BCUT2D eigenvalue weighted by Gasteiger charge is -2.11. The van der Waals surface area contributed by atoms with Gasteiger partial charge >= 0.3 is 0 Å². The van der Waals surface area contributed by atoms with Gasteiger partial charge in [-0.1, -0.05) is 13.0 Å². The van der Waals surface area contributed by atoms with Crippen molar-refractivity contribution in [3.8, 4) is 5.75 Å². The fraction of sp³-hybridized carbons (Fsp3) is 0.444. The molecule has 0 saturated heterocycles. The number of thiophene rings is 1. The van der Waals surface area contributed by atoms with Gasteiger partial charge in [0, 0.05) is 16.3 Å². The molecule has 1 N–H and O–H groups in total. The average molecular weight is 303 g/mol. The van der Waals surface area contributed by atoms with E-state index < -0.39 is 0 Å². The smallest absolute Gasteiger partial charge is 0.123 e. The van der Waals surface area contributed by atoms with Crippen molar-refractivity contribution in [1.29, 1.82) is 0 Å². The summed E-state index contributed by atoms with van der Waals surface area (Å²) in [5, 5.41) is 3.43. The molecule has 0 aliphatic heterocycles. The fourth-order valence-corrected chi connectivity index (χ4v) is 3.18. The van der Waals surface area contributed by atoms with E-state index in [1.807, 2.05) is 11.3 Å². The molecule has 21 heavy (non-hydrogen) atoms. The molecule has 0 spiro atoms. The Morgan fingerprint density at radius 2 is 1.86 bits per heavy atom. The predicted octanol–water partition coefficient (Wildman–Crippen LogP) is 4.75. The second kappa shape index (κ2) is 7.62. The molecule has 0 aliphatic carbocycles. The largest absolute Gasteiger partial charge is 0.488 e. The van der Waals surface area contributed by atoms with Crippen LogP contribution in [0.1, 0.15) is 39.8 Å². The lowest BCUT2D eigenvalue weighted by atomic mass is 10.1. The van der Waals surface area contributed by atoms with Crippen LogP contribution in [0.5, 0.6) is 5.75 Å². The molecule has 2 rings (SSSR count). The molecular formula is C18H25NOS. The summed E-state index contributed by atoms with van der Waals surface area (Å²) in [5.41, 5.74) is 3.78. The number of hydrogen-bond donors (Lipinski definition) is 1. The van der Waals surface area contributed by atoms with Gasteiger partial charge in [-0.05, 0) is 68.6 Å². The summed E-state index contributed by atoms with van der Waals surface area (Å²) >= 11 is 1.83. The number of rotatable bonds is 7. The van der Waals surface area contributed by atoms with Crippen LogP contribution in [0.2, 0.25) is 0 Å². The molecule has 114 valence electrons. The minimum atomic E-state index is 0.655. The van der Waals surface area contributed by atoms with Crippen LogP contribution in [0.3, 0.4) is 0 Å². The SMILES string of the molecule is CCCNCc1ccc(COc2cc(C)cc(C)c2C)s1. The van der Waals surface area contributed by atoms with Crippen LogP contribution in [-0.2, 0) is 13.2 Å². The van der Waals surface area contributed by atoms with Crippen LogP contribution >= 0.6 is 11.3 Å². The van der Waals surface area contributed by atoms with Crippen molar-refractivity contribution in [2.45, 2.75) is 47.3 Å². The van der Waals surface area contributed by atoms with Gasteiger partial charge in [0.1, 0.15) is 12.4 Å². The number of hydrogen-bond acceptors (Lipinski definition) is 3. The Bertz CT molecular complexity index is 589. The van der Waals surface area contributed by atoms with Gasteiger partial charge < -0.3 is 10.1 Å². The second-order valence-corrected chi connectivity index (χ2v) is 6.79. The van der Waals surface area contributed by atoms with Gasteiger partial charge in [0.15, 0.2) is 0 Å². The molecule has 2 nitrogen and oxygen atoms in total. The monoisotopic (exact) mass is 303 g/mol. The molecule has 1 heterocycles. The minimum absolute atomic E-state index is 0.655. The summed E-state index contributed by atoms with van der Waals surface area (Å²) in [5.74, 6) is 1.01. The Morgan fingerprint density at radius 1 is 1.10 bits per heavy atom. The van der Waals surface area contributed by atoms with Gasteiger partial charge in [-0.2, -0.15) is 0 Å². The lowest BCUT2D eigenvalue weighted by molar-refractivity contribution is 0.307. The molecule has 3 heteroatoms. The van der Waals surface area contributed by atoms with Crippen molar-refractivity contribution in [1.82, 2.24) is 5.32 Å². The Kier molecular flexibility index (Phi) is 5.83. The van der Waals surface area contributed by atoms with E-state index in [1.54, 1.807) is 0 Å². The van der Waals surface area contributed by atoms with Crippen LogP contribution in [0, 0.1) is 20.8 Å². The Morgan fingerprint density at radius 3 is 2.62 bits per heavy atom. The van der Waals surface area contributed by atoms with Gasteiger partial charge in [0.2, 0.25) is 0 Å². The van der Waals surface area contributed by atoms with Crippen LogP contribution in [0.15, 0.2) is 24.3 Å². The molecule has 1 aromatic heterocycles. The Labute approximate surface area is 132 Å². The zero-order valence-electron chi connectivity index (χ0n) is 13.5. The zero-order chi connectivity index (χ0) is 15.2. The first-order chi connectivity index (χ1) is 10.1. The molecule has 0 unspecified atom stereocenters. The van der Waals surface area contributed by atoms with E-state index in [1.165, 1.54) is 32.9 Å². The van der Waals surface area contributed by atoms with Crippen LogP contribution in [0.4, 0.5) is 0 Å². The van der Waals surface area contributed by atoms with Crippen molar-refractivity contribution < 1.29 is 4.74 Å². The van der Waals surface area contributed by atoms with Gasteiger partial charge in [0.05, 0.1) is 0 Å². The molecule has 1 aromatic carbocycles. The lowest BCUT2D eigenvalue weighted by Crippen LogP contribution is -2.12. The van der Waals surface area contributed by atoms with Crippen molar-refractivity contribution >= 4 is 11.3 Å². The highest BCUT2D eigenvalue weighted by atomic mass is 32.1. The number of aryl methyl sites for hydroxylation is 2. The van der Waals surface area contributed by atoms with Crippen molar-refractivity contribution in [3.05, 3.63) is 50.7 Å². The molecule has 0 saturated carbocycles. The summed E-state index contributed by atoms with van der Waals surface area (Å²) in [6.45, 7) is 11.3. The van der Waals surface area contributed by atoms with Gasteiger partial charge in [-0.25, -0.2) is 0 Å². The van der Waals surface area contributed by atoms with Crippen LogP contribution in [-0.4, -0.2) is 6.54 Å². The minimum Gasteiger partial charge on any atom is -0.488 e. The second-order valence-electron chi connectivity index (χ2n) is 5.54. The first kappa shape index (κ1) is 16.1. The molecule has 0 bridgehead atoms. The third-order valence-electron chi connectivity index (χ3n) is 3.58. The van der Waals surface area contributed by atoms with Crippen LogP contribution in [0.25, 0.3) is 0 Å². The number of nitrogens with one attached hydrogen (secondary N) is 1. The van der Waals surface area contributed by atoms with Crippen molar-refractivity contribution in [2.75, 3.05) is 6.54 Å². The zero-order valence-corrected chi connectivity index (χ0v) is 14.3. The molecule has 2 aromatic rings. The Balaban J connectivity index is 1.94. The maximum Gasteiger partial charge on any atom is 0.123 e. The highest BCUT2D eigenvalue weighted by Crippen LogP contribution is 2.25. The Hall–Kier alpha value is -1.32. The first-order valence-electron chi connectivity index (χ1n) is 7.59. The van der Waals surface area contributed by atoms with E-state index in [-0.39, 0.29) is 0 Å². The molecule has 0 amide bonds. The number of ether oxygens (including phenoxy) is 1. The average Bonchev–Trinajstić information content (AvgIpc) is 2.89. The highest BCUT2D eigenvalue weighted by molar-refractivity contribution is 7.11. The highest BCUT2D eigenvalue weighted by Gasteiger charge is 2.06. The fourth-order valence-electron chi connectivity index (χ4n) is 2.28. The summed E-state index contributed by atoms with van der Waals surface area (Å²) < 4.78 is 6.01. The van der Waals surface area contributed by atoms with Gasteiger partial charge in [-0.15, -0.1) is 11.3 Å². The standard InChI is InChI=1S/C18H25NOS/c1-5-8-19-11-16-6-7-17(21-16)12-20-18-10-13(2)9-14(3)15(18)4/h6-7,9-10,19H,5,8,11-12H2,1-4H3. The normalized spacial score (nSPS) is 10.9. The van der Waals surface area contributed by atoms with E-state index in [0.717, 1.165) is 18.8 Å². The quantitative estimate of drug-likeness (QED) is 0.745. The van der Waals surface area contributed by atoms with E-state index >= 15 is 0 Å². The summed E-state index contributed by atoms with van der Waals surface area (Å²) in [7, 11) is 0. The van der Waals surface area contributed by atoms with E-state index in [4.69, 9.17) is 4.74 Å². The molecule has 0 atom stereocenters. The topological polar surface area (TPSA) is 21.3 Å². The maximum absolute atomic E-state index is 6.01. The third kappa shape index (κ3) is 4.58. The first-order valence-corrected chi connectivity index (χ1v) is 8.40. The molecule has 0 fully saturated rings. The third-order valence-corrected chi connectivity index (χ3v) is 4.64.